The van der Waals surface area contributed by atoms with E-state index in [4.69, 9.17) is 5.73 Å². The number of rotatable bonds is 4. The molecule has 1 amide bonds. The number of carbonyl (C=O) groups excluding carboxylic acids is 1. The van der Waals surface area contributed by atoms with Crippen molar-refractivity contribution in [2.24, 2.45) is 5.73 Å². The molecule has 98 valence electrons. The van der Waals surface area contributed by atoms with Gasteiger partial charge in [0.15, 0.2) is 0 Å². The highest BCUT2D eigenvalue weighted by Crippen LogP contribution is 2.11. The van der Waals surface area contributed by atoms with E-state index < -0.39 is 5.82 Å². The number of aromatic nitrogens is 1. The molecule has 2 aromatic rings. The summed E-state index contributed by atoms with van der Waals surface area (Å²) in [4.78, 5) is 15.5. The zero-order valence-corrected chi connectivity index (χ0v) is 10.3. The van der Waals surface area contributed by atoms with Gasteiger partial charge >= 0.3 is 0 Å². The van der Waals surface area contributed by atoms with E-state index in [0.29, 0.717) is 12.2 Å². The zero-order chi connectivity index (χ0) is 13.7. The summed E-state index contributed by atoms with van der Waals surface area (Å²) in [7, 11) is 0. The summed E-state index contributed by atoms with van der Waals surface area (Å²) in [5.41, 5.74) is 7.41. The van der Waals surface area contributed by atoms with Crippen molar-refractivity contribution in [2.45, 2.75) is 6.42 Å². The number of carbonyl (C=O) groups is 1. The monoisotopic (exact) mass is 259 g/mol. The molecule has 0 aliphatic rings. The molecule has 5 heteroatoms. The second-order valence-corrected chi connectivity index (χ2v) is 4.05. The first-order valence-electron chi connectivity index (χ1n) is 5.91. The number of hydrogen-bond donors (Lipinski definition) is 2. The van der Waals surface area contributed by atoms with E-state index >= 15 is 0 Å². The maximum atomic E-state index is 12.7. The minimum absolute atomic E-state index is 0.174. The fourth-order valence-electron chi connectivity index (χ4n) is 1.63. The Hall–Kier alpha value is -2.27. The molecule has 0 aliphatic heterocycles. The van der Waals surface area contributed by atoms with Crippen LogP contribution in [-0.4, -0.2) is 17.4 Å². The maximum absolute atomic E-state index is 12.7. The first-order valence-corrected chi connectivity index (χ1v) is 5.91. The summed E-state index contributed by atoms with van der Waals surface area (Å²) < 4.78 is 12.7. The second-order valence-electron chi connectivity index (χ2n) is 4.05. The van der Waals surface area contributed by atoms with Gasteiger partial charge in [-0.15, -0.1) is 0 Å². The molecule has 0 bridgehead atoms. The quantitative estimate of drug-likeness (QED) is 0.882. The van der Waals surface area contributed by atoms with E-state index in [-0.39, 0.29) is 11.6 Å². The van der Waals surface area contributed by atoms with Crippen molar-refractivity contribution in [1.29, 1.82) is 0 Å². The molecular weight excluding hydrogens is 245 g/mol. The van der Waals surface area contributed by atoms with Crippen LogP contribution in [0, 0.1) is 5.82 Å². The van der Waals surface area contributed by atoms with E-state index in [2.05, 4.69) is 10.3 Å². The molecule has 0 spiro atoms. The summed E-state index contributed by atoms with van der Waals surface area (Å²) in [5, 5.41) is 2.69. The van der Waals surface area contributed by atoms with Crippen LogP contribution < -0.4 is 11.1 Å². The molecule has 0 aliphatic carbocycles. The molecule has 0 radical (unpaired) electrons. The molecule has 0 saturated carbocycles. The number of amides is 1. The Balaban J connectivity index is 2.04. The van der Waals surface area contributed by atoms with Crippen molar-refractivity contribution in [2.75, 3.05) is 11.9 Å². The molecule has 19 heavy (non-hydrogen) atoms. The van der Waals surface area contributed by atoms with Crippen molar-refractivity contribution in [3.63, 3.8) is 0 Å². The van der Waals surface area contributed by atoms with Gasteiger partial charge in [0.1, 0.15) is 11.5 Å². The van der Waals surface area contributed by atoms with Crippen LogP contribution in [0.1, 0.15) is 16.1 Å². The Labute approximate surface area is 110 Å². The SMILES string of the molecule is NCCc1ccc(NC(=O)c2ccc(F)cn2)cc1. The highest BCUT2D eigenvalue weighted by atomic mass is 19.1. The molecule has 0 unspecified atom stereocenters. The third-order valence-electron chi connectivity index (χ3n) is 2.60. The summed E-state index contributed by atoms with van der Waals surface area (Å²) >= 11 is 0. The van der Waals surface area contributed by atoms with Crippen LogP contribution in [-0.2, 0) is 6.42 Å². The summed E-state index contributed by atoms with van der Waals surface area (Å²) in [5.74, 6) is -0.839. The van der Waals surface area contributed by atoms with Gasteiger partial charge in [-0.2, -0.15) is 0 Å². The predicted octanol–water partition coefficient (Wildman–Crippen LogP) is 1.97. The normalized spacial score (nSPS) is 10.2. The standard InChI is InChI=1S/C14H14FN3O/c15-11-3-6-13(17-9-11)14(19)18-12-4-1-10(2-5-12)7-8-16/h1-6,9H,7-8,16H2,(H,18,19). The zero-order valence-electron chi connectivity index (χ0n) is 10.3. The molecule has 1 aromatic carbocycles. The molecule has 0 saturated heterocycles. The van der Waals surface area contributed by atoms with E-state index in [9.17, 15) is 9.18 Å². The van der Waals surface area contributed by atoms with Crippen LogP contribution in [0.2, 0.25) is 0 Å². The summed E-state index contributed by atoms with van der Waals surface area (Å²) in [6, 6.07) is 9.94. The molecule has 0 atom stereocenters. The highest BCUT2D eigenvalue weighted by Gasteiger charge is 2.07. The summed E-state index contributed by atoms with van der Waals surface area (Å²) in [6.45, 7) is 0.588. The number of nitrogens with two attached hydrogens (primary N) is 1. The van der Waals surface area contributed by atoms with Gasteiger partial charge in [-0.25, -0.2) is 9.37 Å². The van der Waals surface area contributed by atoms with E-state index in [0.717, 1.165) is 18.2 Å². The van der Waals surface area contributed by atoms with Gasteiger partial charge in [0.05, 0.1) is 6.20 Å². The van der Waals surface area contributed by atoms with E-state index in [1.54, 1.807) is 12.1 Å². The van der Waals surface area contributed by atoms with Gasteiger partial charge in [-0.05, 0) is 42.8 Å². The van der Waals surface area contributed by atoms with Gasteiger partial charge in [-0.1, -0.05) is 12.1 Å². The number of hydrogen-bond acceptors (Lipinski definition) is 3. The van der Waals surface area contributed by atoms with Crippen molar-refractivity contribution >= 4 is 11.6 Å². The molecule has 2 rings (SSSR count). The van der Waals surface area contributed by atoms with E-state index in [1.807, 2.05) is 12.1 Å². The number of benzene rings is 1. The topological polar surface area (TPSA) is 68.0 Å². The fraction of sp³-hybridized carbons (Fsp3) is 0.143. The molecular formula is C14H14FN3O. The Bertz CT molecular complexity index is 552. The van der Waals surface area contributed by atoms with Gasteiger partial charge in [0, 0.05) is 5.69 Å². The minimum Gasteiger partial charge on any atom is -0.330 e. The van der Waals surface area contributed by atoms with Crippen molar-refractivity contribution < 1.29 is 9.18 Å². The predicted molar refractivity (Wildman–Crippen MR) is 71.3 cm³/mol. The van der Waals surface area contributed by atoms with Crippen molar-refractivity contribution in [3.05, 3.63) is 59.7 Å². The molecule has 1 aromatic heterocycles. The van der Waals surface area contributed by atoms with Gasteiger partial charge < -0.3 is 11.1 Å². The van der Waals surface area contributed by atoms with Crippen LogP contribution in [0.3, 0.4) is 0 Å². The minimum atomic E-state index is -0.470. The largest absolute Gasteiger partial charge is 0.330 e. The number of nitrogens with zero attached hydrogens (tertiary/aromatic N) is 1. The van der Waals surface area contributed by atoms with Crippen LogP contribution in [0.25, 0.3) is 0 Å². The Kier molecular flexibility index (Phi) is 4.20. The third-order valence-corrected chi connectivity index (χ3v) is 2.60. The Morgan fingerprint density at radius 2 is 1.95 bits per heavy atom. The lowest BCUT2D eigenvalue weighted by Gasteiger charge is -2.05. The van der Waals surface area contributed by atoms with Crippen molar-refractivity contribution in [3.8, 4) is 0 Å². The first-order chi connectivity index (χ1) is 9.19. The van der Waals surface area contributed by atoms with Crippen molar-refractivity contribution in [1.82, 2.24) is 4.98 Å². The van der Waals surface area contributed by atoms with Gasteiger partial charge in [-0.3, -0.25) is 4.79 Å². The Morgan fingerprint density at radius 1 is 1.21 bits per heavy atom. The highest BCUT2D eigenvalue weighted by molar-refractivity contribution is 6.02. The van der Waals surface area contributed by atoms with Crippen LogP contribution >= 0.6 is 0 Å². The molecule has 1 heterocycles. The Morgan fingerprint density at radius 3 is 2.53 bits per heavy atom. The maximum Gasteiger partial charge on any atom is 0.274 e. The number of anilines is 1. The van der Waals surface area contributed by atoms with Crippen LogP contribution in [0.4, 0.5) is 10.1 Å². The first kappa shape index (κ1) is 13.2. The third kappa shape index (κ3) is 3.59. The number of halogens is 1. The van der Waals surface area contributed by atoms with Gasteiger partial charge in [0.2, 0.25) is 0 Å². The lowest BCUT2D eigenvalue weighted by Crippen LogP contribution is -2.13. The number of pyridine rings is 1. The number of nitrogens with one attached hydrogen (secondary N) is 1. The van der Waals surface area contributed by atoms with Crippen LogP contribution in [0.5, 0.6) is 0 Å². The second kappa shape index (κ2) is 6.06. The lowest BCUT2D eigenvalue weighted by atomic mass is 10.1. The fourth-order valence-corrected chi connectivity index (χ4v) is 1.63. The van der Waals surface area contributed by atoms with Gasteiger partial charge in [0.25, 0.3) is 5.91 Å². The smallest absolute Gasteiger partial charge is 0.274 e. The molecule has 0 fully saturated rings. The van der Waals surface area contributed by atoms with Crippen LogP contribution in [0.15, 0.2) is 42.6 Å². The average molecular weight is 259 g/mol. The average Bonchev–Trinajstić information content (AvgIpc) is 2.42. The molecule has 3 N–H and O–H groups in total. The molecule has 4 nitrogen and oxygen atoms in total. The summed E-state index contributed by atoms with van der Waals surface area (Å²) in [6.07, 6.45) is 1.81. The lowest BCUT2D eigenvalue weighted by molar-refractivity contribution is 0.102. The van der Waals surface area contributed by atoms with E-state index in [1.165, 1.54) is 12.1 Å².